The molecule has 48 heavy (non-hydrogen) atoms. The average molecular weight is 663 g/mol. The molecule has 7 rings (SSSR count). The van der Waals surface area contributed by atoms with Gasteiger partial charge in [-0.1, -0.05) is 130 Å². The van der Waals surface area contributed by atoms with Crippen LogP contribution in [-0.2, 0) is 11.8 Å². The SMILES string of the molecule is CCc1ccc(N(c2cccc(Nc3cccc(-c4ccc(-c5ccccc5)cc4)c3)c2Cl)c2csc3ccc(C(C)(C)C)cc23)cc1. The topological polar surface area (TPSA) is 15.3 Å². The van der Waals surface area contributed by atoms with Crippen molar-refractivity contribution in [1.29, 1.82) is 0 Å². The van der Waals surface area contributed by atoms with E-state index in [1.165, 1.54) is 37.9 Å². The fourth-order valence-electron chi connectivity index (χ4n) is 6.15. The number of fused-ring (bicyclic) bond motifs is 1. The van der Waals surface area contributed by atoms with Gasteiger partial charge in [0.25, 0.3) is 0 Å². The number of halogens is 1. The normalized spacial score (nSPS) is 11.5. The third-order valence-corrected chi connectivity index (χ3v) is 10.3. The lowest BCUT2D eigenvalue weighted by atomic mass is 9.86. The van der Waals surface area contributed by atoms with Crippen molar-refractivity contribution in [3.63, 3.8) is 0 Å². The highest BCUT2D eigenvalue weighted by atomic mass is 35.5. The molecule has 2 nitrogen and oxygen atoms in total. The molecule has 0 aliphatic heterocycles. The van der Waals surface area contributed by atoms with Gasteiger partial charge in [-0.2, -0.15) is 0 Å². The first-order chi connectivity index (χ1) is 23.3. The number of aryl methyl sites for hydroxylation is 1. The van der Waals surface area contributed by atoms with Gasteiger partial charge in [0.1, 0.15) is 0 Å². The Morgan fingerprint density at radius 3 is 2.02 bits per heavy atom. The van der Waals surface area contributed by atoms with Gasteiger partial charge in [-0.15, -0.1) is 11.3 Å². The Morgan fingerprint density at radius 1 is 0.646 bits per heavy atom. The van der Waals surface area contributed by atoms with Crippen LogP contribution in [0.4, 0.5) is 28.4 Å². The van der Waals surface area contributed by atoms with Crippen molar-refractivity contribution in [2.24, 2.45) is 0 Å². The van der Waals surface area contributed by atoms with Crippen molar-refractivity contribution in [2.45, 2.75) is 39.5 Å². The third kappa shape index (κ3) is 6.49. The number of nitrogens with zero attached hydrogens (tertiary/aromatic N) is 1. The smallest absolute Gasteiger partial charge is 0.0881 e. The second-order valence-electron chi connectivity index (χ2n) is 13.2. The van der Waals surface area contributed by atoms with E-state index in [-0.39, 0.29) is 5.41 Å². The van der Waals surface area contributed by atoms with Gasteiger partial charge in [0.2, 0.25) is 0 Å². The van der Waals surface area contributed by atoms with Gasteiger partial charge in [0, 0.05) is 26.8 Å². The summed E-state index contributed by atoms with van der Waals surface area (Å²) in [6.45, 7) is 8.99. The van der Waals surface area contributed by atoms with E-state index in [4.69, 9.17) is 11.6 Å². The molecule has 7 aromatic rings. The van der Waals surface area contributed by atoms with Crippen LogP contribution in [0.15, 0.2) is 145 Å². The van der Waals surface area contributed by atoms with Crippen LogP contribution in [0.5, 0.6) is 0 Å². The molecular weight excluding hydrogens is 624 g/mol. The highest BCUT2D eigenvalue weighted by molar-refractivity contribution is 7.17. The maximum Gasteiger partial charge on any atom is 0.0881 e. The highest BCUT2D eigenvalue weighted by Gasteiger charge is 2.22. The Kier molecular flexibility index (Phi) is 8.83. The summed E-state index contributed by atoms with van der Waals surface area (Å²) in [7, 11) is 0. The van der Waals surface area contributed by atoms with E-state index in [9.17, 15) is 0 Å². The molecule has 0 bridgehead atoms. The Bertz CT molecular complexity index is 2180. The maximum absolute atomic E-state index is 7.37. The van der Waals surface area contributed by atoms with Crippen molar-refractivity contribution in [3.05, 3.63) is 161 Å². The number of anilines is 5. The van der Waals surface area contributed by atoms with Crippen LogP contribution < -0.4 is 10.2 Å². The van der Waals surface area contributed by atoms with E-state index in [1.807, 2.05) is 6.07 Å². The van der Waals surface area contributed by atoms with Crippen molar-refractivity contribution in [2.75, 3.05) is 10.2 Å². The summed E-state index contributed by atoms with van der Waals surface area (Å²) >= 11 is 9.14. The minimum Gasteiger partial charge on any atom is -0.354 e. The second-order valence-corrected chi connectivity index (χ2v) is 14.5. The number of thiophene rings is 1. The van der Waals surface area contributed by atoms with Gasteiger partial charge in [-0.25, -0.2) is 0 Å². The summed E-state index contributed by atoms with van der Waals surface area (Å²) in [5.41, 5.74) is 12.4. The van der Waals surface area contributed by atoms with E-state index in [0.717, 1.165) is 40.4 Å². The Hall–Kier alpha value is -4.83. The van der Waals surface area contributed by atoms with Gasteiger partial charge in [-0.05, 0) is 93.7 Å². The Morgan fingerprint density at radius 2 is 1.31 bits per heavy atom. The molecule has 0 atom stereocenters. The molecule has 0 saturated carbocycles. The standard InChI is InChI=1S/C44H39ClN2S/c1-5-30-17-24-37(25-18-30)47(41-29-48-42-26-23-35(28-38(41)42)44(2,3)4)40-16-10-15-39(43(40)45)46-36-14-9-13-34(27-36)33-21-19-32(20-22-33)31-11-7-6-8-12-31/h6-29,46H,5H2,1-4H3. The molecule has 0 spiro atoms. The zero-order valence-electron chi connectivity index (χ0n) is 27.8. The van der Waals surface area contributed by atoms with Crippen molar-refractivity contribution in [1.82, 2.24) is 0 Å². The largest absolute Gasteiger partial charge is 0.354 e. The van der Waals surface area contributed by atoms with Crippen molar-refractivity contribution >= 4 is 61.5 Å². The van der Waals surface area contributed by atoms with Crippen molar-refractivity contribution < 1.29 is 0 Å². The van der Waals surface area contributed by atoms with E-state index >= 15 is 0 Å². The maximum atomic E-state index is 7.37. The molecule has 238 valence electrons. The lowest BCUT2D eigenvalue weighted by Crippen LogP contribution is -2.12. The van der Waals surface area contributed by atoms with Crippen LogP contribution >= 0.6 is 22.9 Å². The lowest BCUT2D eigenvalue weighted by molar-refractivity contribution is 0.591. The quantitative estimate of drug-likeness (QED) is 0.174. The number of rotatable bonds is 8. The monoisotopic (exact) mass is 662 g/mol. The Labute approximate surface area is 293 Å². The van der Waals surface area contributed by atoms with Crippen molar-refractivity contribution in [3.8, 4) is 22.3 Å². The Balaban J connectivity index is 1.25. The predicted molar refractivity (Wildman–Crippen MR) is 210 cm³/mol. The molecule has 6 aromatic carbocycles. The van der Waals surface area contributed by atoms with E-state index in [2.05, 4.69) is 177 Å². The van der Waals surface area contributed by atoms with Crippen LogP contribution in [0.3, 0.4) is 0 Å². The van der Waals surface area contributed by atoms with Gasteiger partial charge in [0.15, 0.2) is 0 Å². The molecule has 0 aliphatic rings. The fraction of sp³-hybridized carbons (Fsp3) is 0.136. The summed E-state index contributed by atoms with van der Waals surface area (Å²) in [6.07, 6.45) is 0.993. The van der Waals surface area contributed by atoms with Crippen LogP contribution in [0.2, 0.25) is 5.02 Å². The minimum atomic E-state index is 0.0426. The number of benzene rings is 6. The first kappa shape index (κ1) is 31.8. The molecule has 0 radical (unpaired) electrons. The molecule has 0 aliphatic carbocycles. The number of nitrogens with one attached hydrogen (secondary N) is 1. The molecular formula is C44H39ClN2S. The van der Waals surface area contributed by atoms with Gasteiger partial charge in [0.05, 0.1) is 22.1 Å². The lowest BCUT2D eigenvalue weighted by Gasteiger charge is -2.27. The van der Waals surface area contributed by atoms with Gasteiger partial charge in [-0.3, -0.25) is 0 Å². The first-order valence-electron chi connectivity index (χ1n) is 16.5. The second kappa shape index (κ2) is 13.4. The summed E-state index contributed by atoms with van der Waals surface area (Å²) in [5, 5.41) is 7.79. The predicted octanol–water partition coefficient (Wildman–Crippen LogP) is 14.0. The summed E-state index contributed by atoms with van der Waals surface area (Å²) in [6, 6.07) is 49.7. The number of hydrogen-bond donors (Lipinski definition) is 1. The van der Waals surface area contributed by atoms with Crippen LogP contribution in [0.1, 0.15) is 38.8 Å². The van der Waals surface area contributed by atoms with Crippen LogP contribution in [0, 0.1) is 0 Å². The fourth-order valence-corrected chi connectivity index (χ4v) is 7.32. The molecule has 1 heterocycles. The minimum absolute atomic E-state index is 0.0426. The zero-order valence-corrected chi connectivity index (χ0v) is 29.4. The summed E-state index contributed by atoms with van der Waals surface area (Å²) < 4.78 is 1.26. The molecule has 0 unspecified atom stereocenters. The highest BCUT2D eigenvalue weighted by Crippen LogP contribution is 2.47. The van der Waals surface area contributed by atoms with Gasteiger partial charge >= 0.3 is 0 Å². The zero-order chi connectivity index (χ0) is 33.3. The third-order valence-electron chi connectivity index (χ3n) is 8.95. The van der Waals surface area contributed by atoms with Crippen LogP contribution in [0.25, 0.3) is 32.3 Å². The van der Waals surface area contributed by atoms with E-state index in [1.54, 1.807) is 11.3 Å². The first-order valence-corrected chi connectivity index (χ1v) is 17.8. The van der Waals surface area contributed by atoms with E-state index < -0.39 is 0 Å². The number of hydrogen-bond acceptors (Lipinski definition) is 3. The summed E-state index contributed by atoms with van der Waals surface area (Å²) in [5.74, 6) is 0. The van der Waals surface area contributed by atoms with E-state index in [0.29, 0.717) is 5.02 Å². The molecule has 0 amide bonds. The van der Waals surface area contributed by atoms with Crippen LogP contribution in [-0.4, -0.2) is 0 Å². The summed E-state index contributed by atoms with van der Waals surface area (Å²) in [4.78, 5) is 2.31. The molecule has 1 aromatic heterocycles. The van der Waals surface area contributed by atoms with Gasteiger partial charge < -0.3 is 10.2 Å². The molecule has 4 heteroatoms. The molecule has 0 fully saturated rings. The molecule has 0 saturated heterocycles. The average Bonchev–Trinajstić information content (AvgIpc) is 3.53. The molecule has 1 N–H and O–H groups in total.